The van der Waals surface area contributed by atoms with E-state index in [2.05, 4.69) is 43.4 Å². The van der Waals surface area contributed by atoms with Crippen molar-refractivity contribution in [1.82, 2.24) is 8.43 Å². The fourth-order valence-corrected chi connectivity index (χ4v) is 2.97. The van der Waals surface area contributed by atoms with E-state index in [9.17, 15) is 0 Å². The van der Waals surface area contributed by atoms with Crippen LogP contribution in [0.2, 0.25) is 0 Å². The lowest BCUT2D eigenvalue weighted by Gasteiger charge is -2.31. The molecular weight excluding hydrogens is 339 g/mol. The van der Waals surface area contributed by atoms with Crippen LogP contribution in [0.5, 0.6) is 5.75 Å². The predicted molar refractivity (Wildman–Crippen MR) is 83.3 cm³/mol. The molecule has 100 valence electrons. The van der Waals surface area contributed by atoms with Crippen molar-refractivity contribution in [3.8, 4) is 5.75 Å². The van der Waals surface area contributed by atoms with Crippen LogP contribution in [-0.2, 0) is 6.42 Å². The number of hydrogen-bond acceptors (Lipinski definition) is 3. The number of halogens is 1. The van der Waals surface area contributed by atoms with Crippen molar-refractivity contribution in [2.24, 2.45) is 0 Å². The van der Waals surface area contributed by atoms with Crippen molar-refractivity contribution in [2.75, 3.05) is 26.7 Å². The first-order valence-corrected chi connectivity index (χ1v) is 7.61. The summed E-state index contributed by atoms with van der Waals surface area (Å²) in [5, 5.41) is 0. The molecule has 0 aliphatic carbocycles. The second kappa shape index (κ2) is 7.31. The molecule has 0 bridgehead atoms. The smallest absolute Gasteiger partial charge is 0.118 e. The van der Waals surface area contributed by atoms with Crippen molar-refractivity contribution in [2.45, 2.75) is 25.3 Å². The van der Waals surface area contributed by atoms with Gasteiger partial charge in [0.2, 0.25) is 0 Å². The molecule has 1 N–H and O–H groups in total. The van der Waals surface area contributed by atoms with Crippen LogP contribution in [0, 0.1) is 0 Å². The average Bonchev–Trinajstić information content (AvgIpc) is 2.46. The summed E-state index contributed by atoms with van der Waals surface area (Å²) >= 11 is 2.27. The highest BCUT2D eigenvalue weighted by Gasteiger charge is 2.17. The maximum atomic E-state index is 5.17. The Hall–Kier alpha value is -0.330. The van der Waals surface area contributed by atoms with Crippen molar-refractivity contribution >= 4 is 22.9 Å². The molecule has 3 nitrogen and oxygen atoms in total. The van der Waals surface area contributed by atoms with E-state index in [-0.39, 0.29) is 0 Å². The lowest BCUT2D eigenvalue weighted by atomic mass is 10.1. The van der Waals surface area contributed by atoms with Gasteiger partial charge in [-0.2, -0.15) is 0 Å². The summed E-state index contributed by atoms with van der Waals surface area (Å²) in [7, 11) is 1.71. The molecular formula is C14H21IN2O. The van der Waals surface area contributed by atoms with Gasteiger partial charge in [-0.05, 0) is 50.0 Å². The van der Waals surface area contributed by atoms with Gasteiger partial charge >= 0.3 is 0 Å². The van der Waals surface area contributed by atoms with Crippen molar-refractivity contribution in [1.29, 1.82) is 0 Å². The second-order valence-electron chi connectivity index (χ2n) is 4.82. The number of nitrogens with zero attached hydrogens (tertiary/aromatic N) is 1. The molecule has 1 aliphatic rings. The van der Waals surface area contributed by atoms with E-state index < -0.39 is 0 Å². The first kappa shape index (κ1) is 14.1. The maximum Gasteiger partial charge on any atom is 0.118 e. The molecule has 2 rings (SSSR count). The monoisotopic (exact) mass is 360 g/mol. The molecule has 1 aromatic carbocycles. The molecule has 0 aromatic heterocycles. The molecule has 1 saturated heterocycles. The Bertz CT molecular complexity index is 347. The molecule has 1 aliphatic heterocycles. The molecule has 1 aromatic rings. The van der Waals surface area contributed by atoms with Crippen LogP contribution >= 0.6 is 22.9 Å². The quantitative estimate of drug-likeness (QED) is 0.646. The fourth-order valence-electron chi connectivity index (χ4n) is 2.35. The topological polar surface area (TPSA) is 24.5 Å². The van der Waals surface area contributed by atoms with Crippen LogP contribution in [0.1, 0.15) is 18.4 Å². The average molecular weight is 360 g/mol. The second-order valence-corrected chi connectivity index (χ2v) is 5.45. The van der Waals surface area contributed by atoms with Crippen LogP contribution in [0.3, 0.4) is 0 Å². The number of rotatable bonds is 5. The standard InChI is InChI=1S/C14H21IN2O/c1-18-14-4-2-12(3-5-14)6-9-17-10-7-13(16-15)8-11-17/h2-5,13,16H,6-11H2,1H3. The Morgan fingerprint density at radius 1 is 1.28 bits per heavy atom. The highest BCUT2D eigenvalue weighted by molar-refractivity contribution is 14.1. The highest BCUT2D eigenvalue weighted by Crippen LogP contribution is 2.14. The molecule has 0 spiro atoms. The summed E-state index contributed by atoms with van der Waals surface area (Å²) in [6.07, 6.45) is 3.67. The van der Waals surface area contributed by atoms with Gasteiger partial charge in [-0.25, -0.2) is 0 Å². The number of methoxy groups -OCH3 is 1. The number of ether oxygens (including phenoxy) is 1. The van der Waals surface area contributed by atoms with E-state index in [4.69, 9.17) is 4.74 Å². The van der Waals surface area contributed by atoms with E-state index in [1.54, 1.807) is 7.11 Å². The highest BCUT2D eigenvalue weighted by atomic mass is 127. The van der Waals surface area contributed by atoms with Crippen molar-refractivity contribution in [3.05, 3.63) is 29.8 Å². The zero-order valence-corrected chi connectivity index (χ0v) is 13.0. The molecule has 0 unspecified atom stereocenters. The normalized spacial score (nSPS) is 17.9. The number of benzene rings is 1. The SMILES string of the molecule is COc1ccc(CCN2CCC(NI)CC2)cc1. The van der Waals surface area contributed by atoms with Gasteiger partial charge in [0, 0.05) is 35.5 Å². The molecule has 4 heteroatoms. The number of piperidine rings is 1. The fraction of sp³-hybridized carbons (Fsp3) is 0.571. The summed E-state index contributed by atoms with van der Waals surface area (Å²) < 4.78 is 8.51. The Labute approximate surface area is 123 Å². The molecule has 1 fully saturated rings. The first-order valence-electron chi connectivity index (χ1n) is 6.53. The zero-order chi connectivity index (χ0) is 12.8. The number of nitrogens with one attached hydrogen (secondary N) is 1. The van der Waals surface area contributed by atoms with Crippen molar-refractivity contribution < 1.29 is 4.74 Å². The lowest BCUT2D eigenvalue weighted by molar-refractivity contribution is 0.212. The summed E-state index contributed by atoms with van der Waals surface area (Å²) in [6, 6.07) is 9.13. The molecule has 0 saturated carbocycles. The van der Waals surface area contributed by atoms with Crippen LogP contribution in [0.15, 0.2) is 24.3 Å². The third-order valence-electron chi connectivity index (χ3n) is 3.62. The van der Waals surface area contributed by atoms with Gasteiger partial charge in [0.05, 0.1) is 7.11 Å². The van der Waals surface area contributed by atoms with Gasteiger partial charge in [0.15, 0.2) is 0 Å². The molecule has 18 heavy (non-hydrogen) atoms. The third kappa shape index (κ3) is 4.10. The Morgan fingerprint density at radius 2 is 1.94 bits per heavy atom. The Kier molecular flexibility index (Phi) is 5.72. The Balaban J connectivity index is 1.74. The minimum absolute atomic E-state index is 0.711. The van der Waals surface area contributed by atoms with E-state index >= 15 is 0 Å². The van der Waals surface area contributed by atoms with Gasteiger partial charge < -0.3 is 9.64 Å². The van der Waals surface area contributed by atoms with Gasteiger partial charge in [0.25, 0.3) is 0 Å². The van der Waals surface area contributed by atoms with E-state index in [1.165, 1.54) is 38.0 Å². The molecule has 0 amide bonds. The van der Waals surface area contributed by atoms with E-state index in [0.717, 1.165) is 12.2 Å². The van der Waals surface area contributed by atoms with E-state index in [1.807, 2.05) is 12.1 Å². The molecule has 0 atom stereocenters. The third-order valence-corrected chi connectivity index (χ3v) is 4.50. The predicted octanol–water partition coefficient (Wildman–Crippen LogP) is 2.64. The van der Waals surface area contributed by atoms with E-state index in [0.29, 0.717) is 6.04 Å². The number of hydrogen-bond donors (Lipinski definition) is 1. The molecule has 1 heterocycles. The van der Waals surface area contributed by atoms with Gasteiger partial charge in [0.1, 0.15) is 5.75 Å². The van der Waals surface area contributed by atoms with Crippen molar-refractivity contribution in [3.63, 3.8) is 0 Å². The van der Waals surface area contributed by atoms with Crippen LogP contribution in [0.25, 0.3) is 0 Å². The van der Waals surface area contributed by atoms with Crippen LogP contribution in [-0.4, -0.2) is 37.7 Å². The summed E-state index contributed by atoms with van der Waals surface area (Å²) in [5.41, 5.74) is 1.39. The van der Waals surface area contributed by atoms with Gasteiger partial charge in [-0.1, -0.05) is 12.1 Å². The van der Waals surface area contributed by atoms with Gasteiger partial charge in [-0.15, -0.1) is 0 Å². The maximum absolute atomic E-state index is 5.17. The summed E-state index contributed by atoms with van der Waals surface area (Å²) in [6.45, 7) is 3.61. The van der Waals surface area contributed by atoms with Crippen LogP contribution in [0.4, 0.5) is 0 Å². The largest absolute Gasteiger partial charge is 0.497 e. The molecule has 0 radical (unpaired) electrons. The van der Waals surface area contributed by atoms with Crippen LogP contribution < -0.4 is 8.27 Å². The lowest BCUT2D eigenvalue weighted by Crippen LogP contribution is -2.40. The number of likely N-dealkylation sites (tertiary alicyclic amines) is 1. The first-order chi connectivity index (χ1) is 8.81. The summed E-state index contributed by atoms with van der Waals surface area (Å²) in [5.74, 6) is 0.938. The van der Waals surface area contributed by atoms with Gasteiger partial charge in [-0.3, -0.25) is 3.53 Å². The minimum Gasteiger partial charge on any atom is -0.497 e. The Morgan fingerprint density at radius 3 is 2.50 bits per heavy atom. The minimum atomic E-state index is 0.711. The summed E-state index contributed by atoms with van der Waals surface area (Å²) in [4.78, 5) is 2.56. The zero-order valence-electron chi connectivity index (χ0n) is 10.9.